The second-order valence-electron chi connectivity index (χ2n) is 10.6. The molecule has 1 N–H and O–H groups in total. The van der Waals surface area contributed by atoms with Gasteiger partial charge in [-0.05, 0) is 65.2 Å². The van der Waals surface area contributed by atoms with E-state index in [9.17, 15) is 14.4 Å². The molecule has 0 bridgehead atoms. The van der Waals surface area contributed by atoms with Crippen LogP contribution in [-0.4, -0.2) is 60.6 Å². The van der Waals surface area contributed by atoms with Crippen LogP contribution in [0.2, 0.25) is 0 Å². The molecule has 0 aliphatic carbocycles. The predicted octanol–water partition coefficient (Wildman–Crippen LogP) is 4.84. The molecular weight excluding hydrogens is 452 g/mol. The van der Waals surface area contributed by atoms with Crippen molar-refractivity contribution in [2.45, 2.75) is 91.6 Å². The van der Waals surface area contributed by atoms with Crippen molar-refractivity contribution >= 4 is 18.2 Å². The minimum Gasteiger partial charge on any atom is -0.489 e. The van der Waals surface area contributed by atoms with E-state index in [4.69, 9.17) is 18.9 Å². The summed E-state index contributed by atoms with van der Waals surface area (Å²) in [6, 6.07) is 3.45. The van der Waals surface area contributed by atoms with Gasteiger partial charge in [0.05, 0.1) is 7.11 Å². The summed E-state index contributed by atoms with van der Waals surface area (Å²) >= 11 is 0. The highest BCUT2D eigenvalue weighted by Crippen LogP contribution is 2.32. The lowest BCUT2D eigenvalue weighted by molar-refractivity contribution is 0.0124. The average Bonchev–Trinajstić information content (AvgIpc) is 2.75. The highest BCUT2D eigenvalue weighted by atomic mass is 16.6. The summed E-state index contributed by atoms with van der Waals surface area (Å²) in [6.07, 6.45) is 0.746. The minimum atomic E-state index is -0.602. The molecule has 9 heteroatoms. The highest BCUT2D eigenvalue weighted by Gasteiger charge is 2.29. The molecule has 0 spiro atoms. The molecule has 35 heavy (non-hydrogen) atoms. The molecule has 0 radical (unpaired) electrons. The first kappa shape index (κ1) is 28.3. The smallest absolute Gasteiger partial charge is 0.410 e. The van der Waals surface area contributed by atoms with Crippen LogP contribution in [0.3, 0.4) is 0 Å². The van der Waals surface area contributed by atoms with Crippen molar-refractivity contribution in [3.05, 3.63) is 28.8 Å². The molecule has 0 saturated carbocycles. The lowest BCUT2D eigenvalue weighted by Gasteiger charge is -2.34. The number of nitrogens with one attached hydrogen (secondary N) is 1. The maximum Gasteiger partial charge on any atom is 0.410 e. The van der Waals surface area contributed by atoms with E-state index in [-0.39, 0.29) is 18.7 Å². The molecule has 1 fully saturated rings. The number of ether oxygens (including phenoxy) is 4. The van der Waals surface area contributed by atoms with E-state index < -0.39 is 23.3 Å². The number of hydrogen-bond donors (Lipinski definition) is 1. The number of hydrogen-bond acceptors (Lipinski definition) is 7. The number of methoxy groups -OCH3 is 1. The highest BCUT2D eigenvalue weighted by molar-refractivity contribution is 5.93. The number of piperidine rings is 1. The zero-order valence-electron chi connectivity index (χ0n) is 22.3. The van der Waals surface area contributed by atoms with Crippen molar-refractivity contribution in [1.82, 2.24) is 10.2 Å². The quantitative estimate of drug-likeness (QED) is 0.448. The van der Waals surface area contributed by atoms with E-state index in [1.807, 2.05) is 27.7 Å². The fourth-order valence-electron chi connectivity index (χ4n) is 3.76. The number of nitrogens with zero attached hydrogens (tertiary/aromatic N) is 1. The lowest BCUT2D eigenvalue weighted by atomic mass is 9.99. The van der Waals surface area contributed by atoms with Crippen molar-refractivity contribution < 1.29 is 33.3 Å². The van der Waals surface area contributed by atoms with Gasteiger partial charge in [-0.15, -0.1) is 0 Å². The van der Waals surface area contributed by atoms with Gasteiger partial charge in [0, 0.05) is 32.5 Å². The Hall–Kier alpha value is -2.97. The Kier molecular flexibility index (Phi) is 9.40. The fraction of sp³-hybridized carbons (Fsp3) is 0.654. The van der Waals surface area contributed by atoms with Gasteiger partial charge < -0.3 is 29.2 Å². The van der Waals surface area contributed by atoms with Crippen molar-refractivity contribution in [3.63, 3.8) is 0 Å². The zero-order chi connectivity index (χ0) is 26.4. The normalized spacial score (nSPS) is 14.8. The summed E-state index contributed by atoms with van der Waals surface area (Å²) in [5.41, 5.74) is 0.823. The summed E-state index contributed by atoms with van der Waals surface area (Å²) in [6.45, 7) is 14.1. The number of carbonyl (C=O) groups excluding carboxylic acids is 3. The number of esters is 1. The summed E-state index contributed by atoms with van der Waals surface area (Å²) in [7, 11) is 1.33. The van der Waals surface area contributed by atoms with Crippen LogP contribution in [-0.2, 0) is 27.2 Å². The summed E-state index contributed by atoms with van der Waals surface area (Å²) in [4.78, 5) is 38.7. The standard InChI is InChI=1S/C26H40N2O7/c1-9-19-17(16-27-23(30)34-25(2,3)4)10-11-20(22(29)32-8)21(19)33-18-12-14-28(15-13-18)24(31)35-26(5,6)7/h10-11,18H,9,12-16H2,1-8H3,(H,27,30). The maximum absolute atomic E-state index is 12.5. The van der Waals surface area contributed by atoms with Crippen LogP contribution in [0.1, 0.15) is 82.8 Å². The summed E-state index contributed by atoms with van der Waals surface area (Å²) in [5.74, 6) is -0.0360. The molecule has 1 heterocycles. The first-order chi connectivity index (χ1) is 16.2. The van der Waals surface area contributed by atoms with E-state index >= 15 is 0 Å². The SMILES string of the molecule is CCc1c(CNC(=O)OC(C)(C)C)ccc(C(=O)OC)c1OC1CCN(C(=O)OC(C)(C)C)CC1. The van der Waals surface area contributed by atoms with Gasteiger partial charge in [0.2, 0.25) is 0 Å². The number of carbonyl (C=O) groups is 3. The Morgan fingerprint density at radius 1 is 1.00 bits per heavy atom. The van der Waals surface area contributed by atoms with E-state index in [1.165, 1.54) is 7.11 Å². The van der Waals surface area contributed by atoms with Gasteiger partial charge in [0.25, 0.3) is 0 Å². The molecule has 1 aliphatic heterocycles. The van der Waals surface area contributed by atoms with Gasteiger partial charge >= 0.3 is 18.2 Å². The van der Waals surface area contributed by atoms with Crippen molar-refractivity contribution in [1.29, 1.82) is 0 Å². The van der Waals surface area contributed by atoms with Gasteiger partial charge in [0.1, 0.15) is 28.6 Å². The summed E-state index contributed by atoms with van der Waals surface area (Å²) < 4.78 is 22.1. The largest absolute Gasteiger partial charge is 0.489 e. The van der Waals surface area contributed by atoms with E-state index in [1.54, 1.807) is 37.8 Å². The molecule has 1 saturated heterocycles. The Morgan fingerprint density at radius 2 is 1.60 bits per heavy atom. The average molecular weight is 493 g/mol. The molecule has 0 aromatic heterocycles. The molecule has 1 aromatic carbocycles. The number of alkyl carbamates (subject to hydrolysis) is 1. The van der Waals surface area contributed by atoms with Gasteiger partial charge in [0.15, 0.2) is 0 Å². The van der Waals surface area contributed by atoms with Crippen LogP contribution in [0.25, 0.3) is 0 Å². The van der Waals surface area contributed by atoms with Crippen LogP contribution in [0, 0.1) is 0 Å². The molecule has 2 amide bonds. The zero-order valence-corrected chi connectivity index (χ0v) is 22.3. The molecule has 1 aromatic rings. The van der Waals surface area contributed by atoms with Gasteiger partial charge in [-0.2, -0.15) is 0 Å². The van der Waals surface area contributed by atoms with Crippen LogP contribution in [0.5, 0.6) is 5.75 Å². The fourth-order valence-corrected chi connectivity index (χ4v) is 3.76. The van der Waals surface area contributed by atoms with Gasteiger partial charge in [-0.3, -0.25) is 0 Å². The van der Waals surface area contributed by atoms with E-state index in [0.29, 0.717) is 43.7 Å². The molecule has 0 atom stereocenters. The molecule has 196 valence electrons. The first-order valence-corrected chi connectivity index (χ1v) is 12.1. The molecule has 9 nitrogen and oxygen atoms in total. The predicted molar refractivity (Wildman–Crippen MR) is 132 cm³/mol. The third-order valence-corrected chi connectivity index (χ3v) is 5.32. The van der Waals surface area contributed by atoms with Crippen LogP contribution < -0.4 is 10.1 Å². The third-order valence-electron chi connectivity index (χ3n) is 5.32. The second-order valence-corrected chi connectivity index (χ2v) is 10.6. The topological polar surface area (TPSA) is 103 Å². The summed E-state index contributed by atoms with van der Waals surface area (Å²) in [5, 5.41) is 2.77. The molecule has 1 aliphatic rings. The van der Waals surface area contributed by atoms with E-state index in [0.717, 1.165) is 11.1 Å². The Bertz CT molecular complexity index is 908. The maximum atomic E-state index is 12.5. The monoisotopic (exact) mass is 492 g/mol. The Labute approximate surface area is 208 Å². The Morgan fingerprint density at radius 3 is 2.11 bits per heavy atom. The minimum absolute atomic E-state index is 0.184. The third kappa shape index (κ3) is 8.64. The van der Waals surface area contributed by atoms with Gasteiger partial charge in [-0.25, -0.2) is 14.4 Å². The lowest BCUT2D eigenvalue weighted by Crippen LogP contribution is -2.44. The molecular formula is C26H40N2O7. The number of amides is 2. The first-order valence-electron chi connectivity index (χ1n) is 12.1. The number of likely N-dealkylation sites (tertiary alicyclic amines) is 1. The van der Waals surface area contributed by atoms with Crippen molar-refractivity contribution in [2.75, 3.05) is 20.2 Å². The van der Waals surface area contributed by atoms with Gasteiger partial charge in [-0.1, -0.05) is 13.0 Å². The number of benzene rings is 1. The Balaban J connectivity index is 2.18. The van der Waals surface area contributed by atoms with Crippen molar-refractivity contribution in [3.8, 4) is 5.75 Å². The van der Waals surface area contributed by atoms with Crippen molar-refractivity contribution in [2.24, 2.45) is 0 Å². The second kappa shape index (κ2) is 11.6. The van der Waals surface area contributed by atoms with Crippen LogP contribution >= 0.6 is 0 Å². The number of rotatable bonds is 6. The molecule has 0 unspecified atom stereocenters. The van der Waals surface area contributed by atoms with E-state index in [2.05, 4.69) is 5.32 Å². The molecule has 2 rings (SSSR count). The van der Waals surface area contributed by atoms with Crippen LogP contribution in [0.15, 0.2) is 12.1 Å². The van der Waals surface area contributed by atoms with Crippen LogP contribution in [0.4, 0.5) is 9.59 Å².